The first kappa shape index (κ1) is 15.8. The van der Waals surface area contributed by atoms with Crippen LogP contribution in [0.25, 0.3) is 0 Å². The maximum Gasteiger partial charge on any atom is 0.282 e. The lowest BCUT2D eigenvalue weighted by Gasteiger charge is -2.36. The van der Waals surface area contributed by atoms with E-state index in [1.807, 2.05) is 6.92 Å². The number of ether oxygens (including phenoxy) is 1. The van der Waals surface area contributed by atoms with E-state index >= 15 is 0 Å². The van der Waals surface area contributed by atoms with Crippen molar-refractivity contribution in [3.63, 3.8) is 0 Å². The van der Waals surface area contributed by atoms with Gasteiger partial charge in [0.05, 0.1) is 24.6 Å². The number of morpholine rings is 1. The molecule has 0 bridgehead atoms. The van der Waals surface area contributed by atoms with Crippen molar-refractivity contribution in [3.8, 4) is 0 Å². The summed E-state index contributed by atoms with van der Waals surface area (Å²) >= 11 is 0. The zero-order chi connectivity index (χ0) is 15.6. The van der Waals surface area contributed by atoms with Crippen LogP contribution in [0, 0.1) is 6.92 Å². The molecule has 2 fully saturated rings. The van der Waals surface area contributed by atoms with Gasteiger partial charge in [-0.3, -0.25) is 9.97 Å². The lowest BCUT2D eigenvalue weighted by Crippen LogP contribution is -2.51. The fourth-order valence-corrected chi connectivity index (χ4v) is 4.68. The average Bonchev–Trinajstić information content (AvgIpc) is 2.56. The van der Waals surface area contributed by atoms with Crippen molar-refractivity contribution in [2.24, 2.45) is 0 Å². The van der Waals surface area contributed by atoms with Crippen molar-refractivity contribution in [1.82, 2.24) is 18.6 Å². The normalized spacial score (nSPS) is 25.2. The minimum absolute atomic E-state index is 0.122. The molecule has 0 saturated carbocycles. The van der Waals surface area contributed by atoms with Gasteiger partial charge in [-0.05, 0) is 19.8 Å². The van der Waals surface area contributed by atoms with Crippen molar-refractivity contribution in [3.05, 3.63) is 23.8 Å². The van der Waals surface area contributed by atoms with Gasteiger partial charge in [0.15, 0.2) is 0 Å². The Bertz CT molecular complexity index is 616. The molecule has 0 N–H and O–H groups in total. The molecule has 3 rings (SSSR count). The van der Waals surface area contributed by atoms with E-state index in [0.29, 0.717) is 39.4 Å². The molecule has 0 aliphatic carbocycles. The van der Waals surface area contributed by atoms with Crippen molar-refractivity contribution < 1.29 is 13.2 Å². The summed E-state index contributed by atoms with van der Waals surface area (Å²) in [6.45, 7) is 4.79. The van der Waals surface area contributed by atoms with Crippen LogP contribution >= 0.6 is 0 Å². The molecule has 0 radical (unpaired) electrons. The van der Waals surface area contributed by atoms with Crippen LogP contribution in [0.15, 0.2) is 12.4 Å². The highest BCUT2D eigenvalue weighted by Crippen LogP contribution is 2.28. The van der Waals surface area contributed by atoms with Crippen LogP contribution in [-0.2, 0) is 14.9 Å². The fourth-order valence-electron chi connectivity index (χ4n) is 3.01. The number of piperidine rings is 1. The molecular weight excluding hydrogens is 304 g/mol. The summed E-state index contributed by atoms with van der Waals surface area (Å²) in [6.07, 6.45) is 5.27. The quantitative estimate of drug-likeness (QED) is 0.810. The summed E-state index contributed by atoms with van der Waals surface area (Å²) in [6, 6.07) is 0. The predicted octanol–water partition coefficient (Wildman–Crippen LogP) is 0.541. The molecule has 2 aliphatic rings. The Morgan fingerprint density at radius 3 is 2.68 bits per heavy atom. The Morgan fingerprint density at radius 2 is 1.95 bits per heavy atom. The molecular formula is C14H22N4O3S. The second-order valence-electron chi connectivity index (χ2n) is 5.80. The first-order chi connectivity index (χ1) is 10.6. The third-order valence-electron chi connectivity index (χ3n) is 4.20. The summed E-state index contributed by atoms with van der Waals surface area (Å²) in [4.78, 5) is 8.69. The zero-order valence-corrected chi connectivity index (χ0v) is 13.6. The van der Waals surface area contributed by atoms with E-state index in [2.05, 4.69) is 9.97 Å². The van der Waals surface area contributed by atoms with Crippen LogP contribution < -0.4 is 0 Å². The van der Waals surface area contributed by atoms with Crippen LogP contribution in [0.4, 0.5) is 0 Å². The number of aromatic nitrogens is 2. The molecule has 0 spiro atoms. The van der Waals surface area contributed by atoms with Crippen LogP contribution in [0.5, 0.6) is 0 Å². The molecule has 0 amide bonds. The Hall–Kier alpha value is -1.09. The minimum Gasteiger partial charge on any atom is -0.379 e. The lowest BCUT2D eigenvalue weighted by atomic mass is 9.96. The molecule has 3 heterocycles. The first-order valence-electron chi connectivity index (χ1n) is 7.69. The number of hydrogen-bond acceptors (Lipinski definition) is 5. The molecule has 1 aromatic rings. The Kier molecular flexibility index (Phi) is 4.72. The van der Waals surface area contributed by atoms with Gasteiger partial charge in [-0.25, -0.2) is 0 Å². The molecule has 7 nitrogen and oxygen atoms in total. The van der Waals surface area contributed by atoms with Crippen molar-refractivity contribution in [2.75, 3.05) is 39.4 Å². The van der Waals surface area contributed by atoms with Crippen LogP contribution in [0.2, 0.25) is 0 Å². The molecule has 8 heteroatoms. The molecule has 1 aromatic heterocycles. The van der Waals surface area contributed by atoms with Gasteiger partial charge in [-0.15, -0.1) is 0 Å². The van der Waals surface area contributed by atoms with Gasteiger partial charge < -0.3 is 4.74 Å². The number of hydrogen-bond donors (Lipinski definition) is 0. The average molecular weight is 326 g/mol. The molecule has 2 saturated heterocycles. The standard InChI is InChI=1S/C14H22N4O3S/c1-12-9-15-10-14(16-12)13-3-2-4-18(11-13)22(19,20)17-5-7-21-8-6-17/h9-10,13H,2-8,11H2,1H3. The number of aryl methyl sites for hydroxylation is 1. The van der Waals surface area contributed by atoms with E-state index in [0.717, 1.165) is 24.2 Å². The topological polar surface area (TPSA) is 75.6 Å². The second-order valence-corrected chi connectivity index (χ2v) is 7.73. The van der Waals surface area contributed by atoms with Crippen LogP contribution in [-0.4, -0.2) is 66.4 Å². The Balaban J connectivity index is 1.75. The summed E-state index contributed by atoms with van der Waals surface area (Å²) in [5.41, 5.74) is 1.76. The third kappa shape index (κ3) is 3.29. The van der Waals surface area contributed by atoms with E-state index in [1.165, 1.54) is 4.31 Å². The Morgan fingerprint density at radius 1 is 1.18 bits per heavy atom. The molecule has 122 valence electrons. The zero-order valence-electron chi connectivity index (χ0n) is 12.8. The van der Waals surface area contributed by atoms with E-state index in [-0.39, 0.29) is 5.92 Å². The smallest absolute Gasteiger partial charge is 0.282 e. The summed E-state index contributed by atoms with van der Waals surface area (Å²) in [5, 5.41) is 0. The van der Waals surface area contributed by atoms with Crippen LogP contribution in [0.1, 0.15) is 30.1 Å². The molecule has 1 unspecified atom stereocenters. The molecule has 0 aromatic carbocycles. The molecule has 22 heavy (non-hydrogen) atoms. The van der Waals surface area contributed by atoms with Gasteiger partial charge in [0.1, 0.15) is 0 Å². The van der Waals surface area contributed by atoms with Gasteiger partial charge >= 0.3 is 0 Å². The van der Waals surface area contributed by atoms with Crippen molar-refractivity contribution >= 4 is 10.2 Å². The fraction of sp³-hybridized carbons (Fsp3) is 0.714. The predicted molar refractivity (Wildman–Crippen MR) is 81.6 cm³/mol. The highest BCUT2D eigenvalue weighted by molar-refractivity contribution is 7.86. The van der Waals surface area contributed by atoms with E-state index in [1.54, 1.807) is 16.7 Å². The van der Waals surface area contributed by atoms with Crippen molar-refractivity contribution in [1.29, 1.82) is 0 Å². The first-order valence-corrected chi connectivity index (χ1v) is 9.08. The van der Waals surface area contributed by atoms with Crippen molar-refractivity contribution in [2.45, 2.75) is 25.7 Å². The van der Waals surface area contributed by atoms with E-state index in [9.17, 15) is 8.42 Å². The summed E-state index contributed by atoms with van der Waals surface area (Å²) in [5.74, 6) is 0.122. The maximum atomic E-state index is 12.7. The highest BCUT2D eigenvalue weighted by Gasteiger charge is 2.35. The van der Waals surface area contributed by atoms with E-state index in [4.69, 9.17) is 4.74 Å². The maximum absolute atomic E-state index is 12.7. The number of rotatable bonds is 3. The monoisotopic (exact) mass is 326 g/mol. The van der Waals surface area contributed by atoms with Crippen LogP contribution in [0.3, 0.4) is 0 Å². The summed E-state index contributed by atoms with van der Waals surface area (Å²) < 4.78 is 33.9. The SMILES string of the molecule is Cc1cncc(C2CCCN(S(=O)(=O)N3CCOCC3)C2)n1. The minimum atomic E-state index is -3.40. The van der Waals surface area contributed by atoms with E-state index < -0.39 is 10.2 Å². The summed E-state index contributed by atoms with van der Waals surface area (Å²) in [7, 11) is -3.40. The van der Waals surface area contributed by atoms with Gasteiger partial charge in [0.2, 0.25) is 0 Å². The van der Waals surface area contributed by atoms with Gasteiger partial charge in [0.25, 0.3) is 10.2 Å². The third-order valence-corrected chi connectivity index (χ3v) is 6.20. The molecule has 1 atom stereocenters. The highest BCUT2D eigenvalue weighted by atomic mass is 32.2. The molecule has 2 aliphatic heterocycles. The lowest BCUT2D eigenvalue weighted by molar-refractivity contribution is 0.0695. The Labute approximate surface area is 131 Å². The second kappa shape index (κ2) is 6.57. The van der Waals surface area contributed by atoms with Gasteiger partial charge in [-0.2, -0.15) is 17.0 Å². The van der Waals surface area contributed by atoms with Gasteiger partial charge in [0, 0.05) is 44.5 Å². The number of nitrogens with zero attached hydrogens (tertiary/aromatic N) is 4. The van der Waals surface area contributed by atoms with Gasteiger partial charge in [-0.1, -0.05) is 0 Å². The largest absolute Gasteiger partial charge is 0.379 e.